The molecular weight excluding hydrogens is 531 g/mol. The molecule has 0 bridgehead atoms. The van der Waals surface area contributed by atoms with Gasteiger partial charge in [-0.25, -0.2) is 14.4 Å². The third-order valence-corrected chi connectivity index (χ3v) is 6.04. The van der Waals surface area contributed by atoms with Gasteiger partial charge in [0.05, 0.1) is 23.1 Å². The van der Waals surface area contributed by atoms with Crippen molar-refractivity contribution in [2.24, 2.45) is 0 Å². The third-order valence-electron chi connectivity index (χ3n) is 5.28. The van der Waals surface area contributed by atoms with Crippen LogP contribution >= 0.6 is 34.8 Å². The molecule has 186 valence electrons. The van der Waals surface area contributed by atoms with E-state index in [1.807, 2.05) is 0 Å². The van der Waals surface area contributed by atoms with E-state index in [0.717, 1.165) is 0 Å². The number of rotatable bonds is 7. The summed E-state index contributed by atoms with van der Waals surface area (Å²) in [7, 11) is 0. The molecule has 1 heterocycles. The summed E-state index contributed by atoms with van der Waals surface area (Å²) in [4.78, 5) is 37.6. The maximum Gasteiger partial charge on any atom is 0.340 e. The van der Waals surface area contributed by atoms with Gasteiger partial charge in [0.25, 0.3) is 0 Å². The van der Waals surface area contributed by atoms with E-state index < -0.39 is 36.4 Å². The molecule has 3 aromatic rings. The Morgan fingerprint density at radius 2 is 1.08 bits per heavy atom. The second-order valence-corrected chi connectivity index (χ2v) is 9.12. The molecule has 1 aliphatic rings. The summed E-state index contributed by atoms with van der Waals surface area (Å²) in [6.07, 6.45) is -2.72. The van der Waals surface area contributed by atoms with E-state index >= 15 is 0 Å². The van der Waals surface area contributed by atoms with Crippen molar-refractivity contribution in [3.8, 4) is 0 Å². The average Bonchev–Trinajstić information content (AvgIpc) is 3.24. The predicted molar refractivity (Wildman–Crippen MR) is 133 cm³/mol. The van der Waals surface area contributed by atoms with Crippen LogP contribution in [0.5, 0.6) is 0 Å². The second kappa shape index (κ2) is 11.8. The van der Waals surface area contributed by atoms with Crippen LogP contribution in [0.15, 0.2) is 72.8 Å². The van der Waals surface area contributed by atoms with E-state index in [4.69, 9.17) is 53.8 Å². The van der Waals surface area contributed by atoms with E-state index in [2.05, 4.69) is 0 Å². The van der Waals surface area contributed by atoms with Crippen LogP contribution in [0, 0.1) is 0 Å². The van der Waals surface area contributed by atoms with Gasteiger partial charge < -0.3 is 18.9 Å². The SMILES string of the molecule is O=C(OC[C@H]1O[C@@H](OC(=O)c2ccc(Cl)cc2)C[C@@H]1OC(=O)c1ccc(Cl)cc1)c1ccc(Cl)cc1. The average molecular weight is 550 g/mol. The summed E-state index contributed by atoms with van der Waals surface area (Å²) < 4.78 is 22.2. The van der Waals surface area contributed by atoms with Crippen LogP contribution in [-0.4, -0.2) is 43.0 Å². The monoisotopic (exact) mass is 548 g/mol. The molecule has 0 unspecified atom stereocenters. The minimum atomic E-state index is -1.03. The van der Waals surface area contributed by atoms with E-state index in [0.29, 0.717) is 15.1 Å². The normalized spacial score (nSPS) is 18.9. The largest absolute Gasteiger partial charge is 0.459 e. The Labute approximate surface area is 221 Å². The Hall–Kier alpha value is -3.10. The molecule has 0 N–H and O–H groups in total. The Kier molecular flexibility index (Phi) is 8.48. The lowest BCUT2D eigenvalue weighted by molar-refractivity contribution is -0.117. The first kappa shape index (κ1) is 26.0. The molecule has 0 spiro atoms. The van der Waals surface area contributed by atoms with Crippen LogP contribution in [-0.2, 0) is 18.9 Å². The molecule has 0 aliphatic carbocycles. The highest BCUT2D eigenvalue weighted by molar-refractivity contribution is 6.31. The second-order valence-electron chi connectivity index (χ2n) is 7.81. The molecule has 4 rings (SSSR count). The molecule has 0 aromatic heterocycles. The number of hydrogen-bond acceptors (Lipinski definition) is 7. The van der Waals surface area contributed by atoms with Gasteiger partial charge in [0.2, 0.25) is 6.29 Å². The minimum Gasteiger partial charge on any atom is -0.459 e. The number of ether oxygens (including phenoxy) is 4. The van der Waals surface area contributed by atoms with Gasteiger partial charge >= 0.3 is 17.9 Å². The number of halogens is 3. The topological polar surface area (TPSA) is 88.1 Å². The molecule has 0 amide bonds. The molecule has 1 saturated heterocycles. The van der Waals surface area contributed by atoms with Crippen LogP contribution in [0.1, 0.15) is 37.5 Å². The molecule has 0 saturated carbocycles. The zero-order valence-electron chi connectivity index (χ0n) is 18.6. The van der Waals surface area contributed by atoms with Crippen LogP contribution < -0.4 is 0 Å². The number of carbonyl (C=O) groups excluding carboxylic acids is 3. The summed E-state index contributed by atoms with van der Waals surface area (Å²) in [5, 5.41) is 1.42. The lowest BCUT2D eigenvalue weighted by atomic mass is 10.1. The fourth-order valence-corrected chi connectivity index (χ4v) is 3.80. The third kappa shape index (κ3) is 6.77. The zero-order valence-corrected chi connectivity index (χ0v) is 20.8. The fourth-order valence-electron chi connectivity index (χ4n) is 3.42. The van der Waals surface area contributed by atoms with Crippen LogP contribution in [0.4, 0.5) is 0 Å². The smallest absolute Gasteiger partial charge is 0.340 e. The summed E-state index contributed by atoms with van der Waals surface area (Å²) >= 11 is 17.6. The maximum atomic E-state index is 12.7. The van der Waals surface area contributed by atoms with Crippen LogP contribution in [0.3, 0.4) is 0 Å². The van der Waals surface area contributed by atoms with Crippen molar-refractivity contribution in [3.63, 3.8) is 0 Å². The van der Waals surface area contributed by atoms with Crippen molar-refractivity contribution in [2.45, 2.75) is 24.9 Å². The van der Waals surface area contributed by atoms with Crippen molar-refractivity contribution in [1.82, 2.24) is 0 Å². The Morgan fingerprint density at radius 1 is 0.667 bits per heavy atom. The molecule has 10 heteroatoms. The van der Waals surface area contributed by atoms with Gasteiger partial charge in [0.15, 0.2) is 0 Å². The summed E-state index contributed by atoms with van der Waals surface area (Å²) in [6.45, 7) is -0.241. The number of carbonyl (C=O) groups is 3. The van der Waals surface area contributed by atoms with Gasteiger partial charge in [0, 0.05) is 15.1 Å². The van der Waals surface area contributed by atoms with Crippen molar-refractivity contribution in [1.29, 1.82) is 0 Å². The molecule has 1 aliphatic heterocycles. The van der Waals surface area contributed by atoms with E-state index in [1.165, 1.54) is 36.4 Å². The predicted octanol–water partition coefficient (Wildman–Crippen LogP) is 6.00. The number of esters is 3. The zero-order chi connectivity index (χ0) is 25.7. The van der Waals surface area contributed by atoms with Gasteiger partial charge in [-0.1, -0.05) is 34.8 Å². The summed E-state index contributed by atoms with van der Waals surface area (Å²) in [5.41, 5.74) is 0.839. The highest BCUT2D eigenvalue weighted by atomic mass is 35.5. The number of hydrogen-bond donors (Lipinski definition) is 0. The van der Waals surface area contributed by atoms with Crippen molar-refractivity contribution >= 4 is 52.7 Å². The molecule has 0 radical (unpaired) electrons. The standard InChI is InChI=1S/C26H19Cl3O7/c27-18-7-1-15(2-8-18)24(30)33-14-22-21(35-25(31)16-3-9-19(28)10-4-16)13-23(34-22)36-26(32)17-5-11-20(29)12-6-17/h1-12,21-23H,13-14H2/t21-,22+,23-/m0/s1. The number of benzene rings is 3. The first-order valence-corrected chi connectivity index (χ1v) is 11.9. The van der Waals surface area contributed by atoms with Crippen LogP contribution in [0.25, 0.3) is 0 Å². The highest BCUT2D eigenvalue weighted by Gasteiger charge is 2.41. The molecule has 36 heavy (non-hydrogen) atoms. The molecule has 3 atom stereocenters. The minimum absolute atomic E-state index is 0.0435. The van der Waals surface area contributed by atoms with E-state index in [-0.39, 0.29) is 29.7 Å². The van der Waals surface area contributed by atoms with Gasteiger partial charge in [-0.05, 0) is 72.8 Å². The van der Waals surface area contributed by atoms with Crippen molar-refractivity contribution < 1.29 is 33.3 Å². The summed E-state index contributed by atoms with van der Waals surface area (Å²) in [5.74, 6) is -1.88. The Morgan fingerprint density at radius 3 is 1.56 bits per heavy atom. The fraction of sp³-hybridized carbons (Fsp3) is 0.192. The lowest BCUT2D eigenvalue weighted by Gasteiger charge is -2.18. The molecule has 7 nitrogen and oxygen atoms in total. The van der Waals surface area contributed by atoms with Gasteiger partial charge in [0.1, 0.15) is 18.8 Å². The van der Waals surface area contributed by atoms with Crippen molar-refractivity contribution in [3.05, 3.63) is 105 Å². The first-order chi connectivity index (χ1) is 17.3. The van der Waals surface area contributed by atoms with Gasteiger partial charge in [-0.15, -0.1) is 0 Å². The molecular formula is C26H19Cl3O7. The molecule has 1 fully saturated rings. The van der Waals surface area contributed by atoms with E-state index in [1.54, 1.807) is 36.4 Å². The maximum absolute atomic E-state index is 12.7. The highest BCUT2D eigenvalue weighted by Crippen LogP contribution is 2.27. The van der Waals surface area contributed by atoms with Gasteiger partial charge in [-0.2, -0.15) is 0 Å². The Bertz CT molecular complexity index is 1230. The Balaban J connectivity index is 1.43. The quantitative estimate of drug-likeness (QED) is 0.264. The van der Waals surface area contributed by atoms with Crippen molar-refractivity contribution in [2.75, 3.05) is 6.61 Å². The van der Waals surface area contributed by atoms with E-state index in [9.17, 15) is 14.4 Å². The van der Waals surface area contributed by atoms with Crippen LogP contribution in [0.2, 0.25) is 15.1 Å². The first-order valence-electron chi connectivity index (χ1n) is 10.8. The molecule has 3 aromatic carbocycles. The summed E-state index contributed by atoms with van der Waals surface area (Å²) in [6, 6.07) is 18.5. The lowest BCUT2D eigenvalue weighted by Crippen LogP contribution is -2.32. The van der Waals surface area contributed by atoms with Gasteiger partial charge in [-0.3, -0.25) is 0 Å².